The Kier molecular flexibility index (Phi) is 4.43. The minimum absolute atomic E-state index is 0.245. The van der Waals surface area contributed by atoms with E-state index in [-0.39, 0.29) is 5.78 Å². The second-order valence-electron chi connectivity index (χ2n) is 1.57. The van der Waals surface area contributed by atoms with E-state index < -0.39 is 0 Å². The van der Waals surface area contributed by atoms with E-state index in [2.05, 4.69) is 0 Å². The van der Waals surface area contributed by atoms with Crippen LogP contribution < -0.4 is 0 Å². The molecular formula is C7H7O2. The van der Waals surface area contributed by atoms with Gasteiger partial charge in [-0.3, -0.25) is 9.59 Å². The van der Waals surface area contributed by atoms with Crippen molar-refractivity contribution < 1.29 is 9.59 Å². The van der Waals surface area contributed by atoms with Crippen molar-refractivity contribution in [2.45, 2.75) is 19.3 Å². The zero-order valence-electron chi connectivity index (χ0n) is 5.02. The van der Waals surface area contributed by atoms with E-state index in [0.29, 0.717) is 19.3 Å². The molecule has 0 aromatic rings. The number of hydrogen-bond acceptors (Lipinski definition) is 2. The van der Waals surface area contributed by atoms with Crippen LogP contribution in [0.4, 0.5) is 0 Å². The maximum atomic E-state index is 10.3. The van der Waals surface area contributed by atoms with E-state index in [1.165, 1.54) is 0 Å². The molecule has 2 nitrogen and oxygen atoms in total. The molecule has 0 aliphatic carbocycles. The van der Waals surface area contributed by atoms with Gasteiger partial charge in [-0.2, -0.15) is 0 Å². The Hall–Kier alpha value is -1.10. The van der Waals surface area contributed by atoms with Gasteiger partial charge >= 0.3 is 0 Å². The largest absolute Gasteiger partial charge is 0.291 e. The van der Waals surface area contributed by atoms with E-state index in [0.717, 1.165) is 0 Å². The number of Topliss-reactive ketones (excluding diaryl/α,β-unsaturated/α-hetero) is 1. The molecule has 9 heavy (non-hydrogen) atoms. The van der Waals surface area contributed by atoms with Crippen LogP contribution in [0.5, 0.6) is 0 Å². The highest BCUT2D eigenvalue weighted by molar-refractivity contribution is 5.94. The Morgan fingerprint density at radius 3 is 2.67 bits per heavy atom. The third kappa shape index (κ3) is 4.76. The molecular weight excluding hydrogens is 116 g/mol. The van der Waals surface area contributed by atoms with Crippen LogP contribution in [0.25, 0.3) is 0 Å². The summed E-state index contributed by atoms with van der Waals surface area (Å²) in [6.45, 7) is 0. The van der Waals surface area contributed by atoms with E-state index in [1.807, 2.05) is 5.92 Å². The van der Waals surface area contributed by atoms with Gasteiger partial charge < -0.3 is 0 Å². The van der Waals surface area contributed by atoms with E-state index >= 15 is 0 Å². The molecule has 0 aliphatic rings. The van der Waals surface area contributed by atoms with Gasteiger partial charge in [-0.1, -0.05) is 0 Å². The number of terminal acetylenes is 1. The lowest BCUT2D eigenvalue weighted by Gasteiger charge is -1.85. The van der Waals surface area contributed by atoms with Crippen LogP contribution in [0.3, 0.4) is 0 Å². The molecule has 0 N–H and O–H groups in total. The van der Waals surface area contributed by atoms with Gasteiger partial charge in [0.05, 0.1) is 0 Å². The lowest BCUT2D eigenvalue weighted by molar-refractivity contribution is -0.113. The summed E-state index contributed by atoms with van der Waals surface area (Å²) in [5, 5.41) is 0. The topological polar surface area (TPSA) is 34.1 Å². The molecule has 0 bridgehead atoms. The second kappa shape index (κ2) is 5.04. The standard InChI is InChI=1S/C7H7O2/c1-2-7(9)5-3-4-6-8/h1H,3-5H2. The quantitative estimate of drug-likeness (QED) is 0.309. The predicted octanol–water partition coefficient (Wildman–Crippen LogP) is 0.469. The van der Waals surface area contributed by atoms with Crippen LogP contribution in [0.2, 0.25) is 0 Å². The van der Waals surface area contributed by atoms with Gasteiger partial charge in [0.1, 0.15) is 0 Å². The first kappa shape index (κ1) is 7.90. The highest BCUT2D eigenvalue weighted by Crippen LogP contribution is 1.91. The predicted molar refractivity (Wildman–Crippen MR) is 33.4 cm³/mol. The highest BCUT2D eigenvalue weighted by atomic mass is 16.1. The first-order valence-electron chi connectivity index (χ1n) is 2.65. The highest BCUT2D eigenvalue weighted by Gasteiger charge is 1.93. The Morgan fingerprint density at radius 1 is 1.56 bits per heavy atom. The number of ketones is 1. The summed E-state index contributed by atoms with van der Waals surface area (Å²) in [6.07, 6.45) is 7.55. The van der Waals surface area contributed by atoms with Gasteiger partial charge in [0.15, 0.2) is 6.29 Å². The number of carbonyl (C=O) groups excluding carboxylic acids is 2. The van der Waals surface area contributed by atoms with Crippen molar-refractivity contribution in [2.75, 3.05) is 0 Å². The van der Waals surface area contributed by atoms with Crippen molar-refractivity contribution >= 4 is 12.1 Å². The van der Waals surface area contributed by atoms with Gasteiger partial charge in [-0.25, -0.2) is 0 Å². The first-order chi connectivity index (χ1) is 4.31. The molecule has 0 saturated carbocycles. The summed E-state index contributed by atoms with van der Waals surface area (Å²) in [6, 6.07) is 0. The van der Waals surface area contributed by atoms with Crippen molar-refractivity contribution in [1.29, 1.82) is 0 Å². The monoisotopic (exact) mass is 123 g/mol. The van der Waals surface area contributed by atoms with Gasteiger partial charge in [0.25, 0.3) is 0 Å². The number of unbranched alkanes of at least 4 members (excludes halogenated alkanes) is 1. The molecule has 2 heteroatoms. The van der Waals surface area contributed by atoms with Crippen molar-refractivity contribution in [3.8, 4) is 12.3 Å². The maximum Gasteiger partial charge on any atom is 0.205 e. The summed E-state index contributed by atoms with van der Waals surface area (Å²) in [4.78, 5) is 19.9. The van der Waals surface area contributed by atoms with Crippen molar-refractivity contribution in [1.82, 2.24) is 0 Å². The lowest BCUT2D eigenvalue weighted by Crippen LogP contribution is -1.91. The molecule has 47 valence electrons. The lowest BCUT2D eigenvalue weighted by atomic mass is 10.2. The third-order valence-corrected chi connectivity index (χ3v) is 0.844. The van der Waals surface area contributed by atoms with Crippen LogP contribution in [-0.4, -0.2) is 12.1 Å². The molecule has 0 fully saturated rings. The van der Waals surface area contributed by atoms with Crippen LogP contribution in [-0.2, 0) is 9.59 Å². The number of carbonyl (C=O) groups is 1. The van der Waals surface area contributed by atoms with Crippen LogP contribution in [0, 0.1) is 12.3 Å². The molecule has 0 saturated heterocycles. The van der Waals surface area contributed by atoms with Crippen molar-refractivity contribution in [2.24, 2.45) is 0 Å². The number of hydrogen-bond donors (Lipinski definition) is 0. The Bertz CT molecular complexity index is 141. The molecule has 0 unspecified atom stereocenters. The van der Waals surface area contributed by atoms with Crippen LogP contribution >= 0.6 is 0 Å². The smallest absolute Gasteiger partial charge is 0.205 e. The second-order valence-corrected chi connectivity index (χ2v) is 1.57. The normalized spacial score (nSPS) is 7.89. The van der Waals surface area contributed by atoms with Crippen LogP contribution in [0.1, 0.15) is 19.3 Å². The molecule has 0 aromatic heterocycles. The van der Waals surface area contributed by atoms with E-state index in [4.69, 9.17) is 6.42 Å². The fraction of sp³-hybridized carbons (Fsp3) is 0.429. The Morgan fingerprint density at radius 2 is 2.22 bits per heavy atom. The molecule has 0 amide bonds. The van der Waals surface area contributed by atoms with E-state index in [9.17, 15) is 9.59 Å². The minimum atomic E-state index is -0.245. The molecule has 0 spiro atoms. The maximum absolute atomic E-state index is 10.3. The Balaban J connectivity index is 3.19. The average Bonchev–Trinajstić information content (AvgIpc) is 1.89. The molecule has 0 heterocycles. The fourth-order valence-electron chi connectivity index (χ4n) is 0.393. The summed E-state index contributed by atoms with van der Waals surface area (Å²) in [7, 11) is 0. The molecule has 0 aliphatic heterocycles. The van der Waals surface area contributed by atoms with Gasteiger partial charge in [-0.05, 0) is 12.3 Å². The summed E-state index contributed by atoms with van der Waals surface area (Å²) in [5.41, 5.74) is 0. The minimum Gasteiger partial charge on any atom is -0.291 e. The number of rotatable bonds is 4. The summed E-state index contributed by atoms with van der Waals surface area (Å²) < 4.78 is 0. The first-order valence-corrected chi connectivity index (χ1v) is 2.65. The molecule has 1 radical (unpaired) electrons. The Labute approximate surface area is 54.3 Å². The zero-order valence-corrected chi connectivity index (χ0v) is 5.02. The van der Waals surface area contributed by atoms with Gasteiger partial charge in [0, 0.05) is 12.8 Å². The zero-order chi connectivity index (χ0) is 7.11. The van der Waals surface area contributed by atoms with Crippen molar-refractivity contribution in [3.05, 3.63) is 0 Å². The SMILES string of the molecule is C#CC(=O)CCC[C]=O. The summed E-state index contributed by atoms with van der Waals surface area (Å²) >= 11 is 0. The third-order valence-electron chi connectivity index (χ3n) is 0.844. The molecule has 0 rings (SSSR count). The molecule has 0 atom stereocenters. The molecule has 0 aromatic carbocycles. The van der Waals surface area contributed by atoms with Gasteiger partial charge in [-0.15, -0.1) is 6.42 Å². The van der Waals surface area contributed by atoms with Crippen molar-refractivity contribution in [3.63, 3.8) is 0 Å². The fourth-order valence-corrected chi connectivity index (χ4v) is 0.393. The van der Waals surface area contributed by atoms with E-state index in [1.54, 1.807) is 6.29 Å². The summed E-state index contributed by atoms with van der Waals surface area (Å²) in [5.74, 6) is 1.71. The van der Waals surface area contributed by atoms with Gasteiger partial charge in [0.2, 0.25) is 5.78 Å². The average molecular weight is 123 g/mol. The van der Waals surface area contributed by atoms with Crippen LogP contribution in [0.15, 0.2) is 0 Å².